The van der Waals surface area contributed by atoms with Gasteiger partial charge in [0.1, 0.15) is 0 Å². The molecule has 0 amide bonds. The lowest BCUT2D eigenvalue weighted by Crippen LogP contribution is -2.15. The van der Waals surface area contributed by atoms with Gasteiger partial charge in [-0.2, -0.15) is 0 Å². The Morgan fingerprint density at radius 1 is 0.359 bits per heavy atom. The monoisotopic (exact) mass is 832 g/mol. The normalized spacial score (nSPS) is 13.0. The maximum absolute atomic E-state index is 5.33. The number of fused-ring (bicyclic) bond motifs is 10. The van der Waals surface area contributed by atoms with Gasteiger partial charge in [0.2, 0.25) is 0 Å². The third kappa shape index (κ3) is 5.57. The van der Waals surface area contributed by atoms with Crippen molar-refractivity contribution in [1.82, 2.24) is 9.97 Å². The van der Waals surface area contributed by atoms with Crippen molar-refractivity contribution in [2.45, 2.75) is 19.3 Å². The highest BCUT2D eigenvalue weighted by molar-refractivity contribution is 7.25. The summed E-state index contributed by atoms with van der Waals surface area (Å²) in [5, 5.41) is 9.94. The Bertz CT molecular complexity index is 3880. The lowest BCUT2D eigenvalue weighted by atomic mass is 9.81. The van der Waals surface area contributed by atoms with Crippen molar-refractivity contribution < 1.29 is 0 Å². The fourth-order valence-corrected chi connectivity index (χ4v) is 11.8. The van der Waals surface area contributed by atoms with E-state index in [0.29, 0.717) is 5.82 Å². The van der Waals surface area contributed by atoms with Gasteiger partial charge in [-0.1, -0.05) is 196 Å². The first kappa shape index (κ1) is 36.9. The van der Waals surface area contributed by atoms with Crippen molar-refractivity contribution in [3.05, 3.63) is 217 Å². The number of rotatable bonds is 5. The smallest absolute Gasteiger partial charge is 0.160 e. The van der Waals surface area contributed by atoms with Gasteiger partial charge in [0, 0.05) is 42.3 Å². The van der Waals surface area contributed by atoms with Crippen molar-refractivity contribution in [3.8, 4) is 67.3 Å². The zero-order chi connectivity index (χ0) is 42.5. The lowest BCUT2D eigenvalue weighted by molar-refractivity contribution is 0.661. The molecule has 0 bridgehead atoms. The number of thiophene rings is 1. The highest BCUT2D eigenvalue weighted by Gasteiger charge is 2.36. The van der Waals surface area contributed by atoms with Gasteiger partial charge in [0.25, 0.3) is 0 Å². The molecule has 0 aliphatic heterocycles. The molecule has 0 saturated heterocycles. The average Bonchev–Trinajstić information content (AvgIpc) is 3.85. The highest BCUT2D eigenvalue weighted by Crippen LogP contribution is 2.53. The third-order valence-corrected chi connectivity index (χ3v) is 14.9. The molecule has 3 heteroatoms. The highest BCUT2D eigenvalue weighted by atomic mass is 32.1. The number of hydrogen-bond acceptors (Lipinski definition) is 3. The van der Waals surface area contributed by atoms with Crippen LogP contribution >= 0.6 is 11.3 Å². The van der Waals surface area contributed by atoms with Crippen molar-refractivity contribution in [3.63, 3.8) is 0 Å². The van der Waals surface area contributed by atoms with Crippen LogP contribution in [0.5, 0.6) is 0 Å². The minimum absolute atomic E-state index is 0.112. The summed E-state index contributed by atoms with van der Waals surface area (Å²) in [6.07, 6.45) is 0. The summed E-state index contributed by atoms with van der Waals surface area (Å²) in [7, 11) is 0. The SMILES string of the molecule is CC1(C)c2cc(-c3ccc(-c4ccc(-c5cc(-c6cccc7sc8ccccc8c67)nc(-c6ccccc6)n5)c5ccccc45)c4ccccc34)ccc2-c2c1ccc1ccccc21. The van der Waals surface area contributed by atoms with Gasteiger partial charge < -0.3 is 0 Å². The fourth-order valence-electron chi connectivity index (χ4n) is 10.6. The molecule has 1 aliphatic rings. The quantitative estimate of drug-likeness (QED) is 0.173. The Hall–Kier alpha value is -7.72. The van der Waals surface area contributed by atoms with E-state index in [4.69, 9.17) is 9.97 Å². The largest absolute Gasteiger partial charge is 0.228 e. The van der Waals surface area contributed by atoms with Crippen LogP contribution in [-0.4, -0.2) is 9.97 Å². The van der Waals surface area contributed by atoms with Crippen LogP contribution < -0.4 is 0 Å². The standard InChI is InChI=1S/C61H40N2S/c1-61(2)52-34-28-37-15-6-7-18-41(37)58(52)49-29-27-39(35-53(49)61)40-30-31-46(43-20-9-8-19-42(40)43)47-32-33-48(45-22-11-10-21-44(45)47)54-36-55(63-60(62-54)38-16-4-3-5-17-38)50-24-14-26-57-59(50)51-23-12-13-25-56(51)64-57/h3-36H,1-2H3. The molecule has 300 valence electrons. The van der Waals surface area contributed by atoms with Crippen LogP contribution in [0.3, 0.4) is 0 Å². The van der Waals surface area contributed by atoms with E-state index in [0.717, 1.165) is 33.5 Å². The predicted molar refractivity (Wildman–Crippen MR) is 272 cm³/mol. The summed E-state index contributed by atoms with van der Waals surface area (Å²) in [5.41, 5.74) is 15.3. The second-order valence-corrected chi connectivity index (χ2v) is 18.7. The molecule has 0 fully saturated rings. The molecule has 0 unspecified atom stereocenters. The summed E-state index contributed by atoms with van der Waals surface area (Å²) in [5.74, 6) is 0.714. The number of aromatic nitrogens is 2. The summed E-state index contributed by atoms with van der Waals surface area (Å²) in [4.78, 5) is 10.6. The lowest BCUT2D eigenvalue weighted by Gasteiger charge is -2.22. The van der Waals surface area contributed by atoms with E-state index in [1.807, 2.05) is 17.4 Å². The van der Waals surface area contributed by atoms with Gasteiger partial charge in [-0.05, 0) is 101 Å². The topological polar surface area (TPSA) is 25.8 Å². The van der Waals surface area contributed by atoms with Gasteiger partial charge in [0.15, 0.2) is 5.82 Å². The Morgan fingerprint density at radius 2 is 0.922 bits per heavy atom. The van der Waals surface area contributed by atoms with E-state index >= 15 is 0 Å². The van der Waals surface area contributed by atoms with Crippen molar-refractivity contribution >= 4 is 63.8 Å². The molecule has 2 heterocycles. The third-order valence-electron chi connectivity index (χ3n) is 13.7. The van der Waals surface area contributed by atoms with Crippen LogP contribution in [-0.2, 0) is 5.41 Å². The Morgan fingerprint density at radius 3 is 1.67 bits per heavy atom. The van der Waals surface area contributed by atoms with Gasteiger partial charge >= 0.3 is 0 Å². The van der Waals surface area contributed by atoms with Crippen LogP contribution in [0.15, 0.2) is 206 Å². The molecule has 0 atom stereocenters. The van der Waals surface area contributed by atoms with Gasteiger partial charge in [-0.15, -0.1) is 11.3 Å². The second kappa shape index (κ2) is 14.2. The number of hydrogen-bond donors (Lipinski definition) is 0. The molecule has 0 spiro atoms. The zero-order valence-electron chi connectivity index (χ0n) is 35.4. The summed E-state index contributed by atoms with van der Waals surface area (Å²) < 4.78 is 2.54. The zero-order valence-corrected chi connectivity index (χ0v) is 36.2. The molecule has 0 saturated carbocycles. The summed E-state index contributed by atoms with van der Waals surface area (Å²) in [6, 6.07) is 75.4. The van der Waals surface area contributed by atoms with E-state index in [2.05, 4.69) is 214 Å². The van der Waals surface area contributed by atoms with Crippen molar-refractivity contribution in [2.75, 3.05) is 0 Å². The molecular weight excluding hydrogens is 793 g/mol. The van der Waals surface area contributed by atoms with Crippen LogP contribution in [0.1, 0.15) is 25.0 Å². The first-order valence-corrected chi connectivity index (χ1v) is 22.9. The number of benzene rings is 10. The van der Waals surface area contributed by atoms with Crippen LogP contribution in [0.4, 0.5) is 0 Å². The van der Waals surface area contributed by atoms with Gasteiger partial charge in [-0.25, -0.2) is 9.97 Å². The Balaban J connectivity index is 0.962. The van der Waals surface area contributed by atoms with Gasteiger partial charge in [-0.3, -0.25) is 0 Å². The van der Waals surface area contributed by atoms with Crippen molar-refractivity contribution in [2.24, 2.45) is 0 Å². The number of nitrogens with zero attached hydrogens (tertiary/aromatic N) is 2. The maximum atomic E-state index is 5.33. The second-order valence-electron chi connectivity index (χ2n) is 17.6. The first-order valence-electron chi connectivity index (χ1n) is 22.1. The predicted octanol–water partition coefficient (Wildman–Crippen LogP) is 16.9. The van der Waals surface area contributed by atoms with Crippen LogP contribution in [0.2, 0.25) is 0 Å². The molecule has 0 N–H and O–H groups in total. The van der Waals surface area contributed by atoms with Gasteiger partial charge in [0.05, 0.1) is 11.4 Å². The average molecular weight is 833 g/mol. The molecule has 12 aromatic rings. The summed E-state index contributed by atoms with van der Waals surface area (Å²) >= 11 is 1.83. The minimum Gasteiger partial charge on any atom is -0.228 e. The molecule has 2 aromatic heterocycles. The molecule has 13 rings (SSSR count). The minimum atomic E-state index is -0.112. The molecule has 64 heavy (non-hydrogen) atoms. The van der Waals surface area contributed by atoms with Crippen molar-refractivity contribution in [1.29, 1.82) is 0 Å². The maximum Gasteiger partial charge on any atom is 0.160 e. The van der Waals surface area contributed by atoms with E-state index in [9.17, 15) is 0 Å². The van der Waals surface area contributed by atoms with E-state index < -0.39 is 0 Å². The van der Waals surface area contributed by atoms with Crippen LogP contribution in [0.25, 0.3) is 120 Å². The van der Waals surface area contributed by atoms with E-state index in [1.165, 1.54) is 91.6 Å². The first-order chi connectivity index (χ1) is 31.5. The fraction of sp³-hybridized carbons (Fsp3) is 0.0492. The summed E-state index contributed by atoms with van der Waals surface area (Å²) in [6.45, 7) is 4.76. The van der Waals surface area contributed by atoms with E-state index in [-0.39, 0.29) is 5.41 Å². The molecule has 10 aromatic carbocycles. The molecule has 1 aliphatic carbocycles. The molecule has 2 nitrogen and oxygen atoms in total. The van der Waals surface area contributed by atoms with E-state index in [1.54, 1.807) is 0 Å². The molecular formula is C61H40N2S. The Kier molecular flexibility index (Phi) is 8.16. The molecule has 0 radical (unpaired) electrons. The Labute approximate surface area is 375 Å². The van der Waals surface area contributed by atoms with Crippen LogP contribution in [0, 0.1) is 0 Å².